The summed E-state index contributed by atoms with van der Waals surface area (Å²) in [7, 11) is 0. The van der Waals surface area contributed by atoms with Gasteiger partial charge in [-0.05, 0) is 47.5 Å². The molecule has 1 saturated carbocycles. The van der Waals surface area contributed by atoms with E-state index in [0.29, 0.717) is 10.8 Å². The second-order valence-corrected chi connectivity index (χ2v) is 8.85. The molecule has 0 unspecified atom stereocenters. The van der Waals surface area contributed by atoms with Crippen LogP contribution in [0.5, 0.6) is 0 Å². The highest BCUT2D eigenvalue weighted by Gasteiger charge is 2.46. The lowest BCUT2D eigenvalue weighted by molar-refractivity contribution is -0.00601. The predicted molar refractivity (Wildman–Crippen MR) is 77.4 cm³/mol. The summed E-state index contributed by atoms with van der Waals surface area (Å²) in [5, 5.41) is 3.97. The van der Waals surface area contributed by atoms with Crippen molar-refractivity contribution in [2.45, 2.75) is 79.7 Å². The van der Waals surface area contributed by atoms with Gasteiger partial charge in [0, 0.05) is 10.5 Å². The summed E-state index contributed by atoms with van der Waals surface area (Å²) in [4.78, 5) is 3.00. The smallest absolute Gasteiger partial charge is 0.0437 e. The van der Waals surface area contributed by atoms with Crippen LogP contribution in [-0.2, 0) is 0 Å². The number of nitrogens with zero attached hydrogens (tertiary/aromatic N) is 3. The Morgan fingerprint density at radius 3 is 1.83 bits per heavy atom. The van der Waals surface area contributed by atoms with Crippen molar-refractivity contribution in [3.8, 4) is 0 Å². The highest BCUT2D eigenvalue weighted by atomic mass is 15.2. The van der Waals surface area contributed by atoms with Gasteiger partial charge in [0.05, 0.1) is 0 Å². The molecule has 0 amide bonds. The van der Waals surface area contributed by atoms with E-state index in [0.717, 1.165) is 6.42 Å². The zero-order valence-corrected chi connectivity index (χ0v) is 13.2. The molecule has 1 aliphatic rings. The molecule has 0 aromatic carbocycles. The van der Waals surface area contributed by atoms with Crippen LogP contribution in [-0.4, -0.2) is 5.54 Å². The van der Waals surface area contributed by atoms with Crippen LogP contribution in [0.15, 0.2) is 5.11 Å². The van der Waals surface area contributed by atoms with E-state index in [-0.39, 0.29) is 11.0 Å². The Morgan fingerprint density at radius 2 is 1.44 bits per heavy atom. The molecule has 1 fully saturated rings. The van der Waals surface area contributed by atoms with Gasteiger partial charge in [-0.1, -0.05) is 53.6 Å². The fourth-order valence-corrected chi connectivity index (χ4v) is 5.12. The van der Waals surface area contributed by atoms with Crippen LogP contribution in [0.2, 0.25) is 0 Å². The van der Waals surface area contributed by atoms with Crippen molar-refractivity contribution >= 4 is 0 Å². The topological polar surface area (TPSA) is 48.8 Å². The van der Waals surface area contributed by atoms with Crippen LogP contribution >= 0.6 is 0 Å². The SMILES string of the molecule is CC1(C)CC(C)(C)CC(C)(CC(C)(C)N=[N+]=[N-])C1. The molecule has 1 aliphatic carbocycles. The van der Waals surface area contributed by atoms with Crippen LogP contribution in [0, 0.1) is 16.2 Å². The molecule has 0 radical (unpaired) electrons. The minimum Gasteiger partial charge on any atom is -0.0878 e. The van der Waals surface area contributed by atoms with Gasteiger partial charge in [-0.25, -0.2) is 0 Å². The molecule has 0 aliphatic heterocycles. The third-order valence-corrected chi connectivity index (χ3v) is 3.94. The summed E-state index contributed by atoms with van der Waals surface area (Å²) < 4.78 is 0. The minimum absolute atomic E-state index is 0.267. The lowest BCUT2D eigenvalue weighted by Gasteiger charge is -2.52. The second-order valence-electron chi connectivity index (χ2n) is 8.85. The van der Waals surface area contributed by atoms with E-state index in [1.54, 1.807) is 0 Å². The number of azide groups is 1. The molecule has 3 heteroatoms. The summed E-state index contributed by atoms with van der Waals surface area (Å²) in [6.07, 6.45) is 4.68. The van der Waals surface area contributed by atoms with Gasteiger partial charge in [0.1, 0.15) is 0 Å². The molecule has 18 heavy (non-hydrogen) atoms. The minimum atomic E-state index is -0.285. The first-order valence-electron chi connectivity index (χ1n) is 6.95. The molecule has 0 bridgehead atoms. The molecule has 0 spiro atoms. The summed E-state index contributed by atoms with van der Waals surface area (Å²) in [6, 6.07) is 0. The largest absolute Gasteiger partial charge is 0.0878 e. The zero-order chi connectivity index (χ0) is 14.2. The molecular formula is C15H29N3. The highest BCUT2D eigenvalue weighted by molar-refractivity contribution is 4.98. The van der Waals surface area contributed by atoms with Gasteiger partial charge < -0.3 is 0 Å². The van der Waals surface area contributed by atoms with E-state index in [1.807, 2.05) is 13.8 Å². The van der Waals surface area contributed by atoms with Gasteiger partial charge in [0.2, 0.25) is 0 Å². The Labute approximate surface area is 112 Å². The molecule has 0 aromatic heterocycles. The average Bonchev–Trinajstić information content (AvgIpc) is 1.91. The number of rotatable bonds is 3. The summed E-state index contributed by atoms with van der Waals surface area (Å²) in [5.41, 5.74) is 9.42. The summed E-state index contributed by atoms with van der Waals surface area (Å²) >= 11 is 0. The molecule has 0 N–H and O–H groups in total. The Bertz CT molecular complexity index is 344. The molecule has 0 saturated heterocycles. The molecular weight excluding hydrogens is 222 g/mol. The third-order valence-electron chi connectivity index (χ3n) is 3.94. The Balaban J connectivity index is 2.95. The van der Waals surface area contributed by atoms with Gasteiger partial charge in [0.15, 0.2) is 0 Å². The van der Waals surface area contributed by atoms with E-state index in [2.05, 4.69) is 44.6 Å². The molecule has 3 nitrogen and oxygen atoms in total. The van der Waals surface area contributed by atoms with Crippen LogP contribution in [0.4, 0.5) is 0 Å². The van der Waals surface area contributed by atoms with E-state index in [1.165, 1.54) is 19.3 Å². The molecule has 0 atom stereocenters. The van der Waals surface area contributed by atoms with Gasteiger partial charge in [-0.15, -0.1) is 0 Å². The molecule has 104 valence electrons. The monoisotopic (exact) mass is 251 g/mol. The van der Waals surface area contributed by atoms with Crippen molar-refractivity contribution in [2.75, 3.05) is 0 Å². The fourth-order valence-electron chi connectivity index (χ4n) is 5.12. The van der Waals surface area contributed by atoms with E-state index in [9.17, 15) is 0 Å². The van der Waals surface area contributed by atoms with Crippen molar-refractivity contribution in [2.24, 2.45) is 21.4 Å². The molecule has 0 heterocycles. The maximum absolute atomic E-state index is 8.68. The fraction of sp³-hybridized carbons (Fsp3) is 1.00. The zero-order valence-electron chi connectivity index (χ0n) is 13.2. The third kappa shape index (κ3) is 4.20. The Morgan fingerprint density at radius 1 is 1.00 bits per heavy atom. The Kier molecular flexibility index (Phi) is 3.80. The van der Waals surface area contributed by atoms with Crippen molar-refractivity contribution in [3.63, 3.8) is 0 Å². The first-order chi connectivity index (χ1) is 7.89. The summed E-state index contributed by atoms with van der Waals surface area (Å²) in [5.74, 6) is 0. The predicted octanol–water partition coefficient (Wildman–Crippen LogP) is 5.71. The number of hydrogen-bond acceptors (Lipinski definition) is 1. The summed E-state index contributed by atoms with van der Waals surface area (Å²) in [6.45, 7) is 15.9. The second kappa shape index (κ2) is 4.45. The van der Waals surface area contributed by atoms with Crippen LogP contribution < -0.4 is 0 Å². The highest BCUT2D eigenvalue weighted by Crippen LogP contribution is 2.56. The van der Waals surface area contributed by atoms with Crippen molar-refractivity contribution in [1.29, 1.82) is 0 Å². The van der Waals surface area contributed by atoms with Crippen LogP contribution in [0.25, 0.3) is 10.4 Å². The van der Waals surface area contributed by atoms with Gasteiger partial charge >= 0.3 is 0 Å². The van der Waals surface area contributed by atoms with Crippen molar-refractivity contribution < 1.29 is 0 Å². The standard InChI is InChI=1S/C15H29N3/c1-12(2)8-13(3,4)10-15(7,9-12)11-14(5,6)17-18-16/h8-11H2,1-7H3. The first kappa shape index (κ1) is 15.4. The lowest BCUT2D eigenvalue weighted by atomic mass is 9.53. The number of hydrogen-bond donors (Lipinski definition) is 0. The van der Waals surface area contributed by atoms with E-state index < -0.39 is 0 Å². The maximum Gasteiger partial charge on any atom is 0.0437 e. The van der Waals surface area contributed by atoms with Crippen LogP contribution in [0.1, 0.15) is 74.1 Å². The maximum atomic E-state index is 8.68. The van der Waals surface area contributed by atoms with Crippen molar-refractivity contribution in [3.05, 3.63) is 10.4 Å². The Hall–Kier alpha value is -0.690. The normalized spacial score (nSPS) is 25.3. The van der Waals surface area contributed by atoms with Gasteiger partial charge in [-0.2, -0.15) is 0 Å². The van der Waals surface area contributed by atoms with E-state index >= 15 is 0 Å². The van der Waals surface area contributed by atoms with Gasteiger partial charge in [0.25, 0.3) is 0 Å². The lowest BCUT2D eigenvalue weighted by Crippen LogP contribution is -2.42. The average molecular weight is 251 g/mol. The first-order valence-corrected chi connectivity index (χ1v) is 6.95. The quantitative estimate of drug-likeness (QED) is 0.350. The van der Waals surface area contributed by atoms with E-state index in [4.69, 9.17) is 5.53 Å². The van der Waals surface area contributed by atoms with Crippen LogP contribution in [0.3, 0.4) is 0 Å². The molecule has 1 rings (SSSR count). The van der Waals surface area contributed by atoms with Gasteiger partial charge in [-0.3, -0.25) is 0 Å². The molecule has 0 aromatic rings. The van der Waals surface area contributed by atoms with Crippen molar-refractivity contribution in [1.82, 2.24) is 0 Å².